The van der Waals surface area contributed by atoms with Gasteiger partial charge in [0, 0.05) is 16.9 Å². The lowest BCUT2D eigenvalue weighted by Crippen LogP contribution is -2.58. The van der Waals surface area contributed by atoms with Crippen molar-refractivity contribution < 1.29 is 15.0 Å². The third kappa shape index (κ3) is 2.28. The van der Waals surface area contributed by atoms with Crippen LogP contribution in [0.4, 0.5) is 0 Å². The van der Waals surface area contributed by atoms with Crippen LogP contribution in [0.1, 0.15) is 51.9 Å². The third-order valence-corrected chi connectivity index (χ3v) is 7.93. The largest absolute Gasteiger partial charge is 0.393 e. The number of carbonyl (C=O) groups is 1. The number of ketones is 1. The number of aliphatic hydroxyl groups excluding tert-OH is 2. The summed E-state index contributed by atoms with van der Waals surface area (Å²) in [6, 6.07) is 0. The van der Waals surface area contributed by atoms with Crippen LogP contribution in [-0.4, -0.2) is 28.2 Å². The molecule has 0 amide bonds. The molecule has 4 aliphatic carbocycles. The van der Waals surface area contributed by atoms with Gasteiger partial charge in [-0.25, -0.2) is 0 Å². The van der Waals surface area contributed by atoms with Gasteiger partial charge in [-0.3, -0.25) is 4.79 Å². The van der Waals surface area contributed by atoms with Crippen LogP contribution in [0.3, 0.4) is 0 Å². The molecule has 4 aliphatic rings. The predicted octanol–water partition coefficient (Wildman–Crippen LogP) is 3.58. The van der Waals surface area contributed by atoms with Crippen LogP contribution in [0.2, 0.25) is 0 Å². The lowest BCUT2D eigenvalue weighted by atomic mass is 9.47. The molecule has 3 nitrogen and oxygen atoms in total. The zero-order valence-corrected chi connectivity index (χ0v) is 15.0. The molecule has 0 saturated heterocycles. The van der Waals surface area contributed by atoms with E-state index in [1.54, 1.807) is 0 Å². The minimum Gasteiger partial charge on any atom is -0.393 e. The molecule has 4 heteroatoms. The summed E-state index contributed by atoms with van der Waals surface area (Å²) in [5.74, 6) is 1.63. The summed E-state index contributed by atoms with van der Waals surface area (Å²) in [5, 5.41) is 22.4. The van der Waals surface area contributed by atoms with E-state index in [1.807, 2.05) is 12.2 Å². The van der Waals surface area contributed by atoms with Gasteiger partial charge in [0.05, 0.1) is 12.2 Å². The summed E-state index contributed by atoms with van der Waals surface area (Å²) < 4.78 is 0. The van der Waals surface area contributed by atoms with Gasteiger partial charge in [-0.05, 0) is 68.3 Å². The quantitative estimate of drug-likeness (QED) is 0.760. The van der Waals surface area contributed by atoms with Crippen molar-refractivity contribution in [2.75, 3.05) is 0 Å². The summed E-state index contributed by atoms with van der Waals surface area (Å²) in [6.45, 7) is 2.12. The van der Waals surface area contributed by atoms with Crippen LogP contribution in [0.5, 0.6) is 0 Å². The topological polar surface area (TPSA) is 57.5 Å². The van der Waals surface area contributed by atoms with Crippen LogP contribution in [-0.2, 0) is 4.79 Å². The van der Waals surface area contributed by atoms with Gasteiger partial charge in [-0.15, -0.1) is 0 Å². The second-order valence-electron chi connectivity index (χ2n) is 8.30. The molecule has 0 aromatic rings. The number of hydrogen-bond acceptors (Lipinski definition) is 3. The maximum absolute atomic E-state index is 11.8. The molecule has 0 aromatic heterocycles. The Labute approximate surface area is 148 Å². The maximum atomic E-state index is 11.8. The highest BCUT2D eigenvalue weighted by atomic mass is 35.5. The summed E-state index contributed by atoms with van der Waals surface area (Å²) in [7, 11) is 0. The van der Waals surface area contributed by atoms with Crippen molar-refractivity contribution in [1.82, 2.24) is 0 Å². The Kier molecular flexibility index (Phi) is 4.18. The summed E-state index contributed by atoms with van der Waals surface area (Å²) in [6.07, 6.45) is 8.64. The minimum atomic E-state index is -0.650. The van der Waals surface area contributed by atoms with E-state index in [0.29, 0.717) is 35.6 Å². The van der Waals surface area contributed by atoms with Crippen molar-refractivity contribution >= 4 is 17.4 Å². The molecule has 0 heterocycles. The predicted molar refractivity (Wildman–Crippen MR) is 93.4 cm³/mol. The third-order valence-electron chi connectivity index (χ3n) is 7.57. The maximum Gasteiger partial charge on any atom is 0.155 e. The fourth-order valence-corrected chi connectivity index (χ4v) is 6.77. The molecule has 2 saturated carbocycles. The Morgan fingerprint density at radius 2 is 2.08 bits per heavy atom. The van der Waals surface area contributed by atoms with Crippen molar-refractivity contribution in [3.05, 3.63) is 22.8 Å². The SMILES string of the molecule is CCC12C[C@H](O)[C@H]3[C@@H](CCC4=CC(=O)CC[C@@H]43)[C@@H]1CC=C(Cl)[C@@H]2O. The van der Waals surface area contributed by atoms with Crippen molar-refractivity contribution in [2.45, 2.75) is 64.1 Å². The van der Waals surface area contributed by atoms with Crippen molar-refractivity contribution in [2.24, 2.45) is 29.1 Å². The second kappa shape index (κ2) is 5.96. The van der Waals surface area contributed by atoms with Gasteiger partial charge in [0.15, 0.2) is 5.78 Å². The molecule has 4 rings (SSSR count). The Morgan fingerprint density at radius 3 is 2.83 bits per heavy atom. The first-order chi connectivity index (χ1) is 11.5. The highest BCUT2D eigenvalue weighted by Gasteiger charge is 2.59. The first-order valence-electron chi connectivity index (χ1n) is 9.43. The van der Waals surface area contributed by atoms with Gasteiger partial charge >= 0.3 is 0 Å². The highest BCUT2D eigenvalue weighted by Crippen LogP contribution is 2.61. The summed E-state index contributed by atoms with van der Waals surface area (Å²) in [5.41, 5.74) is 0.971. The second-order valence-corrected chi connectivity index (χ2v) is 8.74. The summed E-state index contributed by atoms with van der Waals surface area (Å²) in [4.78, 5) is 11.8. The molecule has 0 radical (unpaired) electrons. The normalized spacial score (nSPS) is 47.9. The van der Waals surface area contributed by atoms with Crippen LogP contribution < -0.4 is 0 Å². The lowest BCUT2D eigenvalue weighted by molar-refractivity contribution is -0.149. The van der Waals surface area contributed by atoms with Gasteiger partial charge in [-0.2, -0.15) is 0 Å². The van der Waals surface area contributed by atoms with Crippen LogP contribution in [0.15, 0.2) is 22.8 Å². The van der Waals surface area contributed by atoms with E-state index >= 15 is 0 Å². The minimum absolute atomic E-state index is 0.236. The molecule has 2 N–H and O–H groups in total. The van der Waals surface area contributed by atoms with Crippen molar-refractivity contribution in [3.8, 4) is 0 Å². The van der Waals surface area contributed by atoms with Crippen LogP contribution in [0, 0.1) is 29.1 Å². The fraction of sp³-hybridized carbons (Fsp3) is 0.750. The highest BCUT2D eigenvalue weighted by molar-refractivity contribution is 6.30. The first kappa shape index (κ1) is 16.8. The van der Waals surface area contributed by atoms with Crippen LogP contribution >= 0.6 is 11.6 Å². The van der Waals surface area contributed by atoms with Gasteiger partial charge in [0.2, 0.25) is 0 Å². The lowest BCUT2D eigenvalue weighted by Gasteiger charge is -2.60. The molecule has 0 bridgehead atoms. The zero-order chi connectivity index (χ0) is 17.1. The number of rotatable bonds is 1. The first-order valence-corrected chi connectivity index (χ1v) is 9.80. The van der Waals surface area contributed by atoms with Gasteiger partial charge in [-0.1, -0.05) is 30.2 Å². The number of carbonyl (C=O) groups excluding carboxylic acids is 1. The number of allylic oxidation sites excluding steroid dienone is 3. The van der Waals surface area contributed by atoms with Gasteiger partial charge in [0.25, 0.3) is 0 Å². The summed E-state index contributed by atoms with van der Waals surface area (Å²) >= 11 is 6.29. The average molecular weight is 351 g/mol. The number of halogens is 1. The van der Waals surface area contributed by atoms with E-state index in [9.17, 15) is 15.0 Å². The average Bonchev–Trinajstić information content (AvgIpc) is 2.58. The Bertz CT molecular complexity index is 610. The van der Waals surface area contributed by atoms with E-state index in [-0.39, 0.29) is 17.1 Å². The molecular formula is C20H27ClO3. The molecule has 132 valence electrons. The molecular weight excluding hydrogens is 324 g/mol. The van der Waals surface area contributed by atoms with Crippen molar-refractivity contribution in [1.29, 1.82) is 0 Å². The number of aliphatic hydroxyl groups is 2. The molecule has 0 aliphatic heterocycles. The van der Waals surface area contributed by atoms with Crippen LogP contribution in [0.25, 0.3) is 0 Å². The molecule has 24 heavy (non-hydrogen) atoms. The molecule has 1 unspecified atom stereocenters. The standard InChI is InChI=1S/C20H27ClO3/c1-2-20-10-17(23)18-13-6-4-12(22)9-11(13)3-5-14(18)15(20)7-8-16(21)19(20)24/h8-9,13-15,17-19,23-24H,2-7,10H2,1H3/t13-,14-,15-,17-,18+,19-,20?/m0/s1. The van der Waals surface area contributed by atoms with E-state index in [4.69, 9.17) is 11.6 Å². The molecule has 0 aromatic carbocycles. The Balaban J connectivity index is 1.72. The van der Waals surface area contributed by atoms with Gasteiger partial charge in [0.1, 0.15) is 0 Å². The monoisotopic (exact) mass is 350 g/mol. The van der Waals surface area contributed by atoms with Gasteiger partial charge < -0.3 is 10.2 Å². The number of fused-ring (bicyclic) bond motifs is 5. The van der Waals surface area contributed by atoms with E-state index in [2.05, 4.69) is 6.92 Å². The smallest absolute Gasteiger partial charge is 0.155 e. The van der Waals surface area contributed by atoms with E-state index in [0.717, 1.165) is 32.1 Å². The fourth-order valence-electron chi connectivity index (χ4n) is 6.47. The molecule has 0 spiro atoms. The number of hydrogen-bond donors (Lipinski definition) is 2. The molecule has 2 fully saturated rings. The zero-order valence-electron chi connectivity index (χ0n) is 14.2. The molecule has 7 atom stereocenters. The van der Waals surface area contributed by atoms with E-state index < -0.39 is 12.2 Å². The Morgan fingerprint density at radius 1 is 1.29 bits per heavy atom. The Hall–Kier alpha value is -0.640. The van der Waals surface area contributed by atoms with Crippen molar-refractivity contribution in [3.63, 3.8) is 0 Å². The van der Waals surface area contributed by atoms with E-state index in [1.165, 1.54) is 5.57 Å².